The van der Waals surface area contributed by atoms with E-state index >= 15 is 0 Å². The highest BCUT2D eigenvalue weighted by molar-refractivity contribution is 9.10. The molecule has 2 heteroatoms. The molecule has 5 rings (SSSR count). The number of fused-ring (bicyclic) bond motifs is 5. The van der Waals surface area contributed by atoms with Crippen molar-refractivity contribution in [3.63, 3.8) is 0 Å². The molecule has 0 aliphatic rings. The van der Waals surface area contributed by atoms with Gasteiger partial charge in [0.05, 0.1) is 0 Å². The number of hydrogen-bond acceptors (Lipinski definition) is 1. The van der Waals surface area contributed by atoms with Crippen molar-refractivity contribution in [2.45, 2.75) is 6.92 Å². The first-order valence-electron chi connectivity index (χ1n) is 7.63. The number of thiophene rings is 1. The Morgan fingerprint density at radius 1 is 0.652 bits per heavy atom. The van der Waals surface area contributed by atoms with Gasteiger partial charge in [0.25, 0.3) is 0 Å². The van der Waals surface area contributed by atoms with E-state index in [2.05, 4.69) is 83.5 Å². The molecule has 0 fully saturated rings. The minimum Gasteiger partial charge on any atom is -0.135 e. The van der Waals surface area contributed by atoms with Crippen molar-refractivity contribution < 1.29 is 0 Å². The summed E-state index contributed by atoms with van der Waals surface area (Å²) in [5, 5.41) is 7.97. The second-order valence-corrected chi connectivity index (χ2v) is 8.14. The minimum absolute atomic E-state index is 1.13. The molecule has 5 aromatic rings. The zero-order valence-electron chi connectivity index (χ0n) is 12.6. The van der Waals surface area contributed by atoms with E-state index < -0.39 is 0 Å². The normalized spacial score (nSPS) is 11.9. The van der Waals surface area contributed by atoms with Gasteiger partial charge in [-0.2, -0.15) is 0 Å². The molecule has 1 heterocycles. The average molecular weight is 377 g/mol. The third-order valence-corrected chi connectivity index (χ3v) is 6.11. The lowest BCUT2D eigenvalue weighted by molar-refractivity contribution is 1.51. The van der Waals surface area contributed by atoms with Gasteiger partial charge in [0.15, 0.2) is 0 Å². The lowest BCUT2D eigenvalue weighted by Crippen LogP contribution is -1.76. The third kappa shape index (κ3) is 2.09. The summed E-state index contributed by atoms with van der Waals surface area (Å²) in [6.45, 7) is 2.15. The number of benzene rings is 4. The van der Waals surface area contributed by atoms with Gasteiger partial charge in [-0.3, -0.25) is 0 Å². The second kappa shape index (κ2) is 4.80. The number of aryl methyl sites for hydroxylation is 1. The van der Waals surface area contributed by atoms with Crippen LogP contribution in [0, 0.1) is 6.92 Å². The summed E-state index contributed by atoms with van der Waals surface area (Å²) in [4.78, 5) is 0. The number of rotatable bonds is 0. The van der Waals surface area contributed by atoms with E-state index in [4.69, 9.17) is 0 Å². The van der Waals surface area contributed by atoms with Crippen molar-refractivity contribution in [3.05, 3.63) is 70.7 Å². The van der Waals surface area contributed by atoms with E-state index in [-0.39, 0.29) is 0 Å². The van der Waals surface area contributed by atoms with Crippen molar-refractivity contribution in [1.29, 1.82) is 0 Å². The molecule has 110 valence electrons. The summed E-state index contributed by atoms with van der Waals surface area (Å²) >= 11 is 5.46. The fraction of sp³-hybridized carbons (Fsp3) is 0.0476. The van der Waals surface area contributed by atoms with Crippen molar-refractivity contribution >= 4 is 69.0 Å². The van der Waals surface area contributed by atoms with Gasteiger partial charge in [-0.1, -0.05) is 45.8 Å². The van der Waals surface area contributed by atoms with Crippen molar-refractivity contribution in [1.82, 2.24) is 0 Å². The summed E-state index contributed by atoms with van der Waals surface area (Å²) in [5.41, 5.74) is 1.31. The van der Waals surface area contributed by atoms with Gasteiger partial charge in [0.2, 0.25) is 0 Å². The first-order chi connectivity index (χ1) is 11.2. The molecule has 0 amide bonds. The molecule has 4 aromatic carbocycles. The highest BCUT2D eigenvalue weighted by atomic mass is 79.9. The Labute approximate surface area is 146 Å². The predicted molar refractivity (Wildman–Crippen MR) is 107 cm³/mol. The van der Waals surface area contributed by atoms with E-state index in [1.54, 1.807) is 0 Å². The van der Waals surface area contributed by atoms with Gasteiger partial charge in [-0.25, -0.2) is 0 Å². The van der Waals surface area contributed by atoms with Crippen LogP contribution < -0.4 is 0 Å². The van der Waals surface area contributed by atoms with Gasteiger partial charge in [-0.15, -0.1) is 11.3 Å². The molecule has 0 aliphatic carbocycles. The van der Waals surface area contributed by atoms with E-state index in [0.29, 0.717) is 0 Å². The van der Waals surface area contributed by atoms with Gasteiger partial charge in [-0.05, 0) is 64.9 Å². The van der Waals surface area contributed by atoms with Crippen LogP contribution in [-0.2, 0) is 0 Å². The first-order valence-corrected chi connectivity index (χ1v) is 9.24. The van der Waals surface area contributed by atoms with Crippen LogP contribution in [0.4, 0.5) is 0 Å². The lowest BCUT2D eigenvalue weighted by atomic mass is 10.0. The summed E-state index contributed by atoms with van der Waals surface area (Å²) < 4.78 is 3.86. The number of hydrogen-bond donors (Lipinski definition) is 0. The summed E-state index contributed by atoms with van der Waals surface area (Å²) in [5.74, 6) is 0. The molecule has 0 bridgehead atoms. The molecular weight excluding hydrogens is 364 g/mol. The largest absolute Gasteiger partial charge is 0.135 e. The molecule has 0 spiro atoms. The van der Waals surface area contributed by atoms with E-state index in [9.17, 15) is 0 Å². The summed E-state index contributed by atoms with van der Waals surface area (Å²) in [7, 11) is 0. The molecule has 0 radical (unpaired) electrons. The van der Waals surface area contributed by atoms with Crippen LogP contribution in [0.5, 0.6) is 0 Å². The van der Waals surface area contributed by atoms with Crippen LogP contribution in [0.25, 0.3) is 41.7 Å². The molecule has 0 saturated heterocycles. The molecule has 0 atom stereocenters. The molecule has 0 N–H and O–H groups in total. The Morgan fingerprint density at radius 3 is 2.09 bits per heavy atom. The maximum absolute atomic E-state index is 3.57. The topological polar surface area (TPSA) is 0 Å². The van der Waals surface area contributed by atoms with Crippen LogP contribution in [0.2, 0.25) is 0 Å². The van der Waals surface area contributed by atoms with Gasteiger partial charge < -0.3 is 0 Å². The highest BCUT2D eigenvalue weighted by Crippen LogP contribution is 2.39. The van der Waals surface area contributed by atoms with E-state index in [0.717, 1.165) is 4.47 Å². The average Bonchev–Trinajstić information content (AvgIpc) is 2.87. The fourth-order valence-electron chi connectivity index (χ4n) is 3.35. The predicted octanol–water partition coefficient (Wildman–Crippen LogP) is 7.43. The SMILES string of the molecule is Cc1ccc2cc3sc4cc5cc(Br)ccc5cc4c3cc2c1. The van der Waals surface area contributed by atoms with Crippen LogP contribution in [0.3, 0.4) is 0 Å². The van der Waals surface area contributed by atoms with Crippen molar-refractivity contribution in [3.8, 4) is 0 Å². The van der Waals surface area contributed by atoms with E-state index in [1.165, 1.54) is 47.3 Å². The van der Waals surface area contributed by atoms with Crippen LogP contribution >= 0.6 is 27.3 Å². The van der Waals surface area contributed by atoms with Crippen molar-refractivity contribution in [2.75, 3.05) is 0 Å². The van der Waals surface area contributed by atoms with Crippen LogP contribution in [0.15, 0.2) is 65.1 Å². The Bertz CT molecular complexity index is 1230. The molecule has 0 aliphatic heterocycles. The Hall–Kier alpha value is -1.90. The van der Waals surface area contributed by atoms with Gasteiger partial charge in [0, 0.05) is 24.6 Å². The molecule has 1 aromatic heterocycles. The lowest BCUT2D eigenvalue weighted by Gasteiger charge is -2.02. The smallest absolute Gasteiger partial charge is 0.0361 e. The number of halogens is 1. The quantitative estimate of drug-likeness (QED) is 0.263. The fourth-order valence-corrected chi connectivity index (χ4v) is 4.90. The molecular formula is C21H13BrS. The zero-order valence-corrected chi connectivity index (χ0v) is 15.0. The molecule has 23 heavy (non-hydrogen) atoms. The maximum atomic E-state index is 3.57. The third-order valence-electron chi connectivity index (χ3n) is 4.50. The summed E-state index contributed by atoms with van der Waals surface area (Å²) in [6.07, 6.45) is 0. The van der Waals surface area contributed by atoms with Crippen molar-refractivity contribution in [2.24, 2.45) is 0 Å². The summed E-state index contributed by atoms with van der Waals surface area (Å²) in [6, 6.07) is 22.5. The monoisotopic (exact) mass is 376 g/mol. The standard InChI is InChI=1S/C21H13BrS/c1-12-2-3-14-10-20-19(9-15(14)6-12)18-8-13-4-5-17(22)7-16(13)11-21(18)23-20/h2-11H,1H3. The van der Waals surface area contributed by atoms with Crippen LogP contribution in [0.1, 0.15) is 5.56 Å². The molecule has 0 nitrogen and oxygen atoms in total. The van der Waals surface area contributed by atoms with Crippen LogP contribution in [-0.4, -0.2) is 0 Å². The Morgan fingerprint density at radius 2 is 1.26 bits per heavy atom. The van der Waals surface area contributed by atoms with Gasteiger partial charge >= 0.3 is 0 Å². The first kappa shape index (κ1) is 13.5. The second-order valence-electron chi connectivity index (χ2n) is 6.14. The maximum Gasteiger partial charge on any atom is 0.0361 e. The zero-order chi connectivity index (χ0) is 15.6. The van der Waals surface area contributed by atoms with E-state index in [1.807, 2.05) is 11.3 Å². The molecule has 0 unspecified atom stereocenters. The highest BCUT2D eigenvalue weighted by Gasteiger charge is 2.08. The van der Waals surface area contributed by atoms with Gasteiger partial charge in [0.1, 0.15) is 0 Å². The minimum atomic E-state index is 1.13. The molecule has 0 saturated carbocycles. The Kier molecular flexibility index (Phi) is 2.82. The Balaban J connectivity index is 1.94.